The first kappa shape index (κ1) is 18.5. The van der Waals surface area contributed by atoms with Gasteiger partial charge in [0.2, 0.25) is 5.91 Å². The first-order valence-corrected chi connectivity index (χ1v) is 8.42. The molecule has 0 radical (unpaired) electrons. The summed E-state index contributed by atoms with van der Waals surface area (Å²) in [5.41, 5.74) is 2.49. The quantitative estimate of drug-likeness (QED) is 0.726. The Kier molecular flexibility index (Phi) is 6.57. The lowest BCUT2D eigenvalue weighted by molar-refractivity contribution is -0.121. The van der Waals surface area contributed by atoms with Crippen molar-refractivity contribution in [2.75, 3.05) is 18.9 Å². The second kappa shape index (κ2) is 8.87. The zero-order valence-electron chi connectivity index (χ0n) is 14.9. The lowest BCUT2D eigenvalue weighted by Gasteiger charge is -2.18. The van der Waals surface area contributed by atoms with Gasteiger partial charge in [0.25, 0.3) is 5.91 Å². The van der Waals surface area contributed by atoms with E-state index in [1.54, 1.807) is 32.2 Å². The van der Waals surface area contributed by atoms with Gasteiger partial charge in [-0.2, -0.15) is 0 Å². The molecule has 0 aliphatic carbocycles. The van der Waals surface area contributed by atoms with Crippen LogP contribution >= 0.6 is 0 Å². The highest BCUT2D eigenvalue weighted by Crippen LogP contribution is 2.14. The molecule has 0 aliphatic heterocycles. The Morgan fingerprint density at radius 1 is 1.00 bits per heavy atom. The van der Waals surface area contributed by atoms with Gasteiger partial charge in [-0.3, -0.25) is 9.59 Å². The summed E-state index contributed by atoms with van der Waals surface area (Å²) in [5, 5.41) is 8.69. The van der Waals surface area contributed by atoms with Crippen LogP contribution in [0.25, 0.3) is 0 Å². The van der Waals surface area contributed by atoms with E-state index in [0.717, 1.165) is 5.69 Å². The fourth-order valence-corrected chi connectivity index (χ4v) is 2.52. The van der Waals surface area contributed by atoms with Gasteiger partial charge < -0.3 is 16.0 Å². The smallest absolute Gasteiger partial charge is 0.251 e. The minimum absolute atomic E-state index is 0.0758. The number of amides is 2. The summed E-state index contributed by atoms with van der Waals surface area (Å²) < 4.78 is 0. The average molecular weight is 339 g/mol. The number of nitrogens with one attached hydrogen (secondary N) is 3. The molecule has 0 aromatic heterocycles. The third kappa shape index (κ3) is 5.35. The molecular formula is C20H25N3O2. The van der Waals surface area contributed by atoms with Crippen molar-refractivity contribution < 1.29 is 9.59 Å². The van der Waals surface area contributed by atoms with E-state index < -0.39 is 6.04 Å². The van der Waals surface area contributed by atoms with Crippen LogP contribution in [-0.2, 0) is 4.79 Å². The molecule has 0 saturated carbocycles. The van der Waals surface area contributed by atoms with E-state index in [1.165, 1.54) is 5.56 Å². The van der Waals surface area contributed by atoms with E-state index in [2.05, 4.69) is 35.0 Å². The fourth-order valence-electron chi connectivity index (χ4n) is 2.52. The Balaban J connectivity index is 1.89. The van der Waals surface area contributed by atoms with Gasteiger partial charge in [0, 0.05) is 24.8 Å². The van der Waals surface area contributed by atoms with Crippen molar-refractivity contribution in [3.05, 3.63) is 65.7 Å². The molecule has 132 valence electrons. The van der Waals surface area contributed by atoms with Crippen molar-refractivity contribution in [3.63, 3.8) is 0 Å². The largest absolute Gasteiger partial charge is 0.374 e. The van der Waals surface area contributed by atoms with Crippen molar-refractivity contribution in [2.24, 2.45) is 0 Å². The molecule has 3 N–H and O–H groups in total. The maximum absolute atomic E-state index is 12.3. The normalized spacial score (nSPS) is 12.8. The monoisotopic (exact) mass is 339 g/mol. The van der Waals surface area contributed by atoms with Crippen molar-refractivity contribution in [1.29, 1.82) is 0 Å². The molecular weight excluding hydrogens is 314 g/mol. The molecule has 2 aromatic rings. The molecule has 0 spiro atoms. The van der Waals surface area contributed by atoms with E-state index >= 15 is 0 Å². The highest BCUT2D eigenvalue weighted by molar-refractivity contribution is 5.95. The van der Waals surface area contributed by atoms with Gasteiger partial charge in [0.15, 0.2) is 0 Å². The third-order valence-corrected chi connectivity index (χ3v) is 4.08. The second-order valence-electron chi connectivity index (χ2n) is 6.08. The highest BCUT2D eigenvalue weighted by atomic mass is 16.2. The number of rotatable bonds is 7. The number of hydrogen-bond donors (Lipinski definition) is 3. The first-order valence-electron chi connectivity index (χ1n) is 8.42. The Labute approximate surface area is 148 Å². The maximum atomic E-state index is 12.3. The lowest BCUT2D eigenvalue weighted by Crippen LogP contribution is -2.39. The molecule has 2 aromatic carbocycles. The van der Waals surface area contributed by atoms with Gasteiger partial charge in [-0.25, -0.2) is 0 Å². The molecule has 2 rings (SSSR count). The summed E-state index contributed by atoms with van der Waals surface area (Å²) in [5.74, 6) is 0.0134. The highest BCUT2D eigenvalue weighted by Gasteiger charge is 2.14. The van der Waals surface area contributed by atoms with Crippen LogP contribution in [0, 0.1) is 0 Å². The summed E-state index contributed by atoms with van der Waals surface area (Å²) in [6, 6.07) is 16.8. The van der Waals surface area contributed by atoms with Gasteiger partial charge in [0.1, 0.15) is 6.04 Å². The second-order valence-corrected chi connectivity index (χ2v) is 6.08. The molecule has 2 atom stereocenters. The predicted octanol–water partition coefficient (Wildman–Crippen LogP) is 2.77. The molecule has 5 heteroatoms. The molecule has 0 bridgehead atoms. The van der Waals surface area contributed by atoms with Crippen LogP contribution in [0.2, 0.25) is 0 Å². The van der Waals surface area contributed by atoms with Gasteiger partial charge >= 0.3 is 0 Å². The number of anilines is 1. The molecule has 0 fully saturated rings. The van der Waals surface area contributed by atoms with E-state index in [9.17, 15) is 9.59 Å². The molecule has 0 heterocycles. The van der Waals surface area contributed by atoms with E-state index in [-0.39, 0.29) is 17.7 Å². The van der Waals surface area contributed by atoms with Crippen LogP contribution in [0.15, 0.2) is 54.6 Å². The van der Waals surface area contributed by atoms with Crippen LogP contribution in [0.3, 0.4) is 0 Å². The van der Waals surface area contributed by atoms with Crippen LogP contribution < -0.4 is 16.0 Å². The summed E-state index contributed by atoms with van der Waals surface area (Å²) >= 11 is 0. The van der Waals surface area contributed by atoms with E-state index in [0.29, 0.717) is 12.1 Å². The Bertz CT molecular complexity index is 716. The minimum atomic E-state index is -0.400. The van der Waals surface area contributed by atoms with Crippen molar-refractivity contribution in [1.82, 2.24) is 10.6 Å². The van der Waals surface area contributed by atoms with E-state index in [1.807, 2.05) is 24.3 Å². The van der Waals surface area contributed by atoms with Crippen LogP contribution in [0.1, 0.15) is 35.7 Å². The lowest BCUT2D eigenvalue weighted by atomic mass is 10.0. The van der Waals surface area contributed by atoms with E-state index in [4.69, 9.17) is 0 Å². The van der Waals surface area contributed by atoms with Crippen LogP contribution in [-0.4, -0.2) is 31.4 Å². The molecule has 5 nitrogen and oxygen atoms in total. The zero-order valence-corrected chi connectivity index (χ0v) is 14.9. The molecule has 0 saturated heterocycles. The summed E-state index contributed by atoms with van der Waals surface area (Å²) in [6.45, 7) is 4.46. The Morgan fingerprint density at radius 3 is 2.40 bits per heavy atom. The SMILES string of the molecule is CNC(=O)c1cccc(NC(C)C(=O)NCC(C)c2ccccc2)c1. The third-order valence-electron chi connectivity index (χ3n) is 4.08. The number of carbonyl (C=O) groups excluding carboxylic acids is 2. The molecule has 2 amide bonds. The number of carbonyl (C=O) groups is 2. The van der Waals surface area contributed by atoms with Crippen molar-refractivity contribution in [2.45, 2.75) is 25.8 Å². The Morgan fingerprint density at radius 2 is 1.72 bits per heavy atom. The van der Waals surface area contributed by atoms with Gasteiger partial charge in [-0.1, -0.05) is 43.3 Å². The van der Waals surface area contributed by atoms with Gasteiger partial charge in [-0.05, 0) is 36.6 Å². The standard InChI is InChI=1S/C20H25N3O2/c1-14(16-8-5-4-6-9-16)13-22-19(24)15(2)23-18-11-7-10-17(12-18)20(25)21-3/h4-12,14-15,23H,13H2,1-3H3,(H,21,25)(H,22,24). The molecule has 0 aliphatic rings. The minimum Gasteiger partial charge on any atom is -0.374 e. The molecule has 2 unspecified atom stereocenters. The summed E-state index contributed by atoms with van der Waals surface area (Å²) in [4.78, 5) is 24.0. The van der Waals surface area contributed by atoms with Crippen LogP contribution in [0.5, 0.6) is 0 Å². The average Bonchev–Trinajstić information content (AvgIpc) is 2.65. The summed E-state index contributed by atoms with van der Waals surface area (Å²) in [6.07, 6.45) is 0. The van der Waals surface area contributed by atoms with Crippen molar-refractivity contribution >= 4 is 17.5 Å². The van der Waals surface area contributed by atoms with Gasteiger partial charge in [-0.15, -0.1) is 0 Å². The maximum Gasteiger partial charge on any atom is 0.251 e. The zero-order chi connectivity index (χ0) is 18.2. The van der Waals surface area contributed by atoms with Gasteiger partial charge in [0.05, 0.1) is 0 Å². The topological polar surface area (TPSA) is 70.2 Å². The van der Waals surface area contributed by atoms with Crippen LogP contribution in [0.4, 0.5) is 5.69 Å². The fraction of sp³-hybridized carbons (Fsp3) is 0.300. The van der Waals surface area contributed by atoms with Crippen molar-refractivity contribution in [3.8, 4) is 0 Å². The number of benzene rings is 2. The summed E-state index contributed by atoms with van der Waals surface area (Å²) in [7, 11) is 1.59. The first-order chi connectivity index (χ1) is 12.0. The number of hydrogen-bond acceptors (Lipinski definition) is 3. The Hall–Kier alpha value is -2.82. The molecule has 25 heavy (non-hydrogen) atoms. The predicted molar refractivity (Wildman–Crippen MR) is 101 cm³/mol.